The molecule has 0 radical (unpaired) electrons. The van der Waals surface area contributed by atoms with Crippen LogP contribution in [0.4, 0.5) is 29.3 Å². The number of carbonyl (C=O) groups is 1. The van der Waals surface area contributed by atoms with Crippen molar-refractivity contribution in [2.24, 2.45) is 0 Å². The van der Waals surface area contributed by atoms with Gasteiger partial charge in [-0.3, -0.25) is 9.80 Å². The van der Waals surface area contributed by atoms with Crippen molar-refractivity contribution in [2.45, 2.75) is 24.4 Å². The van der Waals surface area contributed by atoms with Crippen LogP contribution in [-0.2, 0) is 10.3 Å². The fourth-order valence-corrected chi connectivity index (χ4v) is 5.15. The van der Waals surface area contributed by atoms with Crippen LogP contribution in [0.2, 0.25) is 10.0 Å². The van der Waals surface area contributed by atoms with E-state index in [-0.39, 0.29) is 24.4 Å². The number of rotatable bonds is 4. The van der Waals surface area contributed by atoms with Crippen molar-refractivity contribution in [3.63, 3.8) is 0 Å². The maximum Gasteiger partial charge on any atom is 0.573 e. The summed E-state index contributed by atoms with van der Waals surface area (Å²) in [6, 6.07) is 18.7. The molecular weight excluding hydrogens is 504 g/mol. The third kappa shape index (κ3) is 4.30. The lowest BCUT2D eigenvalue weighted by Crippen LogP contribution is -2.56. The second-order valence-electron chi connectivity index (χ2n) is 8.29. The van der Waals surface area contributed by atoms with Crippen molar-refractivity contribution in [3.05, 3.63) is 88.4 Å². The van der Waals surface area contributed by atoms with Crippen molar-refractivity contribution in [1.29, 1.82) is 0 Å². The van der Waals surface area contributed by atoms with Crippen LogP contribution in [-0.4, -0.2) is 31.6 Å². The summed E-state index contributed by atoms with van der Waals surface area (Å²) >= 11 is 12.2. The molecule has 2 aliphatic rings. The van der Waals surface area contributed by atoms with E-state index in [0.29, 0.717) is 40.0 Å². The van der Waals surface area contributed by atoms with Gasteiger partial charge in [0.25, 0.3) is 0 Å². The molecule has 0 spiro atoms. The molecule has 182 valence electrons. The summed E-state index contributed by atoms with van der Waals surface area (Å²) in [7, 11) is 0. The maximum absolute atomic E-state index is 14.0. The van der Waals surface area contributed by atoms with Crippen LogP contribution < -0.4 is 14.5 Å². The number of halogens is 5. The number of hydrogen-bond donors (Lipinski definition) is 0. The predicted molar refractivity (Wildman–Crippen MR) is 127 cm³/mol. The molecule has 3 aromatic rings. The summed E-state index contributed by atoms with van der Waals surface area (Å²) in [4.78, 5) is 17.4. The Hall–Kier alpha value is -2.94. The van der Waals surface area contributed by atoms with E-state index in [9.17, 15) is 18.0 Å². The summed E-state index contributed by atoms with van der Waals surface area (Å²) in [6.07, 6.45) is -4.29. The Morgan fingerprint density at radius 1 is 0.886 bits per heavy atom. The van der Waals surface area contributed by atoms with E-state index in [4.69, 9.17) is 27.9 Å². The minimum Gasteiger partial charge on any atom is -0.406 e. The summed E-state index contributed by atoms with van der Waals surface area (Å²) in [5.41, 5.74) is 0.849. The highest BCUT2D eigenvalue weighted by atomic mass is 35.5. The number of alkyl halides is 3. The van der Waals surface area contributed by atoms with E-state index >= 15 is 0 Å². The molecule has 1 unspecified atom stereocenters. The van der Waals surface area contributed by atoms with Crippen molar-refractivity contribution >= 4 is 40.6 Å². The highest BCUT2D eigenvalue weighted by molar-refractivity contribution is 6.31. The van der Waals surface area contributed by atoms with Gasteiger partial charge in [-0.1, -0.05) is 35.3 Å². The highest BCUT2D eigenvalue weighted by Gasteiger charge is 2.60. The Morgan fingerprint density at radius 2 is 1.46 bits per heavy atom. The van der Waals surface area contributed by atoms with Gasteiger partial charge in [-0.05, 0) is 72.6 Å². The first-order valence-electron chi connectivity index (χ1n) is 10.8. The zero-order valence-corrected chi connectivity index (χ0v) is 19.6. The second kappa shape index (κ2) is 8.93. The van der Waals surface area contributed by atoms with Crippen LogP contribution in [0.25, 0.3) is 0 Å². The molecule has 2 aliphatic heterocycles. The molecule has 0 N–H and O–H groups in total. The SMILES string of the molecule is O=C1N(c2ccc(Cl)cc2)C2CCOC[C@]2(c2ccc(OC(F)(F)F)cc2)N1c1ccc(Cl)cc1. The van der Waals surface area contributed by atoms with E-state index in [1.165, 1.54) is 12.1 Å². The molecule has 2 fully saturated rings. The number of benzene rings is 3. The standard InChI is InChI=1S/C25H19Cl2F3N2O3/c26-17-3-7-19(8-4-17)31-22-13-14-34-15-24(22,16-1-11-21(12-2-16)35-25(28,29)30)32(23(31)33)20-9-5-18(27)6-10-20/h1-12,22H,13-15H2/t22?,24-/m1/s1. The summed E-state index contributed by atoms with van der Waals surface area (Å²) in [5, 5.41) is 1.04. The van der Waals surface area contributed by atoms with Gasteiger partial charge < -0.3 is 9.47 Å². The average Bonchev–Trinajstić information content (AvgIpc) is 3.09. The molecule has 2 amide bonds. The number of carbonyl (C=O) groups excluding carboxylic acids is 1. The zero-order chi connectivity index (χ0) is 24.8. The first kappa shape index (κ1) is 23.8. The Labute approximate surface area is 209 Å². The first-order valence-corrected chi connectivity index (χ1v) is 11.5. The van der Waals surface area contributed by atoms with Crippen molar-refractivity contribution in [2.75, 3.05) is 23.0 Å². The molecule has 5 rings (SSSR count). The van der Waals surface area contributed by atoms with Crippen LogP contribution in [0.1, 0.15) is 12.0 Å². The molecule has 2 atom stereocenters. The molecule has 3 aromatic carbocycles. The summed E-state index contributed by atoms with van der Waals surface area (Å²) < 4.78 is 48.1. The van der Waals surface area contributed by atoms with E-state index in [1.807, 2.05) is 0 Å². The Balaban J connectivity index is 1.66. The highest BCUT2D eigenvalue weighted by Crippen LogP contribution is 2.49. The number of urea groups is 1. The number of amides is 2. The fourth-order valence-electron chi connectivity index (χ4n) is 4.90. The number of nitrogens with zero attached hydrogens (tertiary/aromatic N) is 2. The minimum atomic E-state index is -4.81. The molecule has 2 saturated heterocycles. The van der Waals surface area contributed by atoms with E-state index in [0.717, 1.165) is 0 Å². The van der Waals surface area contributed by atoms with Gasteiger partial charge in [-0.25, -0.2) is 4.79 Å². The van der Waals surface area contributed by atoms with Gasteiger partial charge >= 0.3 is 12.4 Å². The van der Waals surface area contributed by atoms with Gasteiger partial charge in [0.2, 0.25) is 0 Å². The monoisotopic (exact) mass is 522 g/mol. The summed E-state index contributed by atoms with van der Waals surface area (Å²) in [6.45, 7) is 0.573. The maximum atomic E-state index is 14.0. The van der Waals surface area contributed by atoms with Crippen LogP contribution in [0, 0.1) is 0 Å². The van der Waals surface area contributed by atoms with Crippen molar-refractivity contribution in [3.8, 4) is 5.75 Å². The molecule has 5 nitrogen and oxygen atoms in total. The fraction of sp³-hybridized carbons (Fsp3) is 0.240. The predicted octanol–water partition coefficient (Wildman–Crippen LogP) is 7.02. The molecule has 0 aromatic heterocycles. The lowest BCUT2D eigenvalue weighted by Gasteiger charge is -2.44. The van der Waals surface area contributed by atoms with E-state index < -0.39 is 11.9 Å². The van der Waals surface area contributed by atoms with Crippen LogP contribution in [0.15, 0.2) is 72.8 Å². The van der Waals surface area contributed by atoms with E-state index in [1.54, 1.807) is 70.5 Å². The van der Waals surface area contributed by atoms with E-state index in [2.05, 4.69) is 4.74 Å². The number of anilines is 2. The Morgan fingerprint density at radius 3 is 2.03 bits per heavy atom. The Kier molecular flexibility index (Phi) is 6.07. The molecule has 0 bridgehead atoms. The van der Waals surface area contributed by atoms with Gasteiger partial charge in [-0.2, -0.15) is 0 Å². The molecular formula is C25H19Cl2F3N2O3. The first-order chi connectivity index (χ1) is 16.7. The smallest absolute Gasteiger partial charge is 0.406 e. The zero-order valence-electron chi connectivity index (χ0n) is 18.1. The molecule has 10 heteroatoms. The molecule has 0 saturated carbocycles. The molecule has 2 heterocycles. The molecule has 0 aliphatic carbocycles. The normalized spacial score (nSPS) is 22.3. The second-order valence-corrected chi connectivity index (χ2v) is 9.17. The number of hydrogen-bond acceptors (Lipinski definition) is 3. The van der Waals surface area contributed by atoms with Crippen molar-refractivity contribution in [1.82, 2.24) is 0 Å². The largest absolute Gasteiger partial charge is 0.573 e. The topological polar surface area (TPSA) is 42.0 Å². The molecule has 35 heavy (non-hydrogen) atoms. The Bertz CT molecular complexity index is 1220. The lowest BCUT2D eigenvalue weighted by atomic mass is 9.79. The van der Waals surface area contributed by atoms with Gasteiger partial charge in [0, 0.05) is 28.0 Å². The van der Waals surface area contributed by atoms with Crippen LogP contribution >= 0.6 is 23.2 Å². The van der Waals surface area contributed by atoms with Crippen molar-refractivity contribution < 1.29 is 27.4 Å². The lowest BCUT2D eigenvalue weighted by molar-refractivity contribution is -0.274. The number of fused-ring (bicyclic) bond motifs is 1. The third-order valence-electron chi connectivity index (χ3n) is 6.29. The number of ether oxygens (including phenoxy) is 2. The average molecular weight is 523 g/mol. The quantitative estimate of drug-likeness (QED) is 0.369. The van der Waals surface area contributed by atoms with Gasteiger partial charge in [0.1, 0.15) is 11.3 Å². The minimum absolute atomic E-state index is 0.148. The van der Waals surface area contributed by atoms with Crippen LogP contribution in [0.3, 0.4) is 0 Å². The summed E-state index contributed by atoms with van der Waals surface area (Å²) in [5.74, 6) is -0.345. The van der Waals surface area contributed by atoms with Gasteiger partial charge in [0.05, 0.1) is 12.6 Å². The van der Waals surface area contributed by atoms with Gasteiger partial charge in [0.15, 0.2) is 0 Å². The van der Waals surface area contributed by atoms with Crippen LogP contribution in [0.5, 0.6) is 5.75 Å². The third-order valence-corrected chi connectivity index (χ3v) is 6.80. The van der Waals surface area contributed by atoms with Gasteiger partial charge in [-0.15, -0.1) is 13.2 Å².